The highest BCUT2D eigenvalue weighted by Crippen LogP contribution is 2.29. The molecule has 0 unspecified atom stereocenters. The Labute approximate surface area is 172 Å². The lowest BCUT2D eigenvalue weighted by molar-refractivity contribution is -0.138. The van der Waals surface area contributed by atoms with E-state index in [4.69, 9.17) is 27.9 Å². The van der Waals surface area contributed by atoms with Gasteiger partial charge in [0, 0.05) is 5.02 Å². The van der Waals surface area contributed by atoms with Gasteiger partial charge in [-0.25, -0.2) is 13.2 Å². The van der Waals surface area contributed by atoms with E-state index >= 15 is 0 Å². The van der Waals surface area contributed by atoms with Crippen LogP contribution in [0.5, 0.6) is 0 Å². The molecule has 0 aliphatic heterocycles. The van der Waals surface area contributed by atoms with Crippen LogP contribution in [0.1, 0.15) is 17.3 Å². The molecule has 0 N–H and O–H groups in total. The highest BCUT2D eigenvalue weighted by Gasteiger charge is 2.28. The molecule has 7 nitrogen and oxygen atoms in total. The van der Waals surface area contributed by atoms with Crippen molar-refractivity contribution < 1.29 is 27.5 Å². The molecule has 0 spiro atoms. The molecule has 0 aliphatic carbocycles. The van der Waals surface area contributed by atoms with Gasteiger partial charge in [-0.3, -0.25) is 9.10 Å². The predicted molar refractivity (Wildman–Crippen MR) is 105 cm³/mol. The smallest absolute Gasteiger partial charge is 0.339 e. The minimum atomic E-state index is -4.14. The van der Waals surface area contributed by atoms with Gasteiger partial charge >= 0.3 is 11.9 Å². The fraction of sp³-hybridized carbons (Fsp3) is 0.222. The lowest BCUT2D eigenvalue weighted by Gasteiger charge is -2.24. The predicted octanol–water partition coefficient (Wildman–Crippen LogP) is 3.54. The summed E-state index contributed by atoms with van der Waals surface area (Å²) in [6.07, 6.45) is 0. The van der Waals surface area contributed by atoms with Crippen molar-refractivity contribution in [2.45, 2.75) is 11.8 Å². The molecule has 0 heterocycles. The van der Waals surface area contributed by atoms with Gasteiger partial charge in [0.2, 0.25) is 0 Å². The summed E-state index contributed by atoms with van der Waals surface area (Å²) in [5, 5.41) is 0.345. The number of rotatable bonds is 7. The van der Waals surface area contributed by atoms with Crippen LogP contribution in [0.4, 0.5) is 5.69 Å². The van der Waals surface area contributed by atoms with E-state index in [0.29, 0.717) is 5.02 Å². The molecule has 0 saturated carbocycles. The topological polar surface area (TPSA) is 90.0 Å². The number of halogens is 2. The number of anilines is 1. The number of benzene rings is 2. The van der Waals surface area contributed by atoms with Gasteiger partial charge in [-0.1, -0.05) is 23.2 Å². The zero-order chi connectivity index (χ0) is 20.9. The van der Waals surface area contributed by atoms with Crippen LogP contribution in [0.3, 0.4) is 0 Å². The quantitative estimate of drug-likeness (QED) is 0.605. The minimum Gasteiger partial charge on any atom is -0.468 e. The molecule has 0 atom stereocenters. The van der Waals surface area contributed by atoms with E-state index in [1.165, 1.54) is 42.5 Å². The van der Waals surface area contributed by atoms with Crippen molar-refractivity contribution >= 4 is 50.9 Å². The fourth-order valence-electron chi connectivity index (χ4n) is 2.26. The summed E-state index contributed by atoms with van der Waals surface area (Å²) in [5.41, 5.74) is 0.160. The van der Waals surface area contributed by atoms with Crippen molar-refractivity contribution in [2.75, 3.05) is 24.6 Å². The second-order valence-corrected chi connectivity index (χ2v) is 8.13. The van der Waals surface area contributed by atoms with Crippen molar-refractivity contribution in [2.24, 2.45) is 0 Å². The molecule has 10 heteroatoms. The number of hydrogen-bond donors (Lipinski definition) is 0. The third-order valence-corrected chi connectivity index (χ3v) is 5.99. The minimum absolute atomic E-state index is 0.0166. The highest BCUT2D eigenvalue weighted by molar-refractivity contribution is 7.92. The Morgan fingerprint density at radius 2 is 1.71 bits per heavy atom. The summed E-state index contributed by atoms with van der Waals surface area (Å²) < 4.78 is 36.5. The molecule has 0 radical (unpaired) electrons. The number of carbonyl (C=O) groups is 2. The Balaban J connectivity index is 2.52. The van der Waals surface area contributed by atoms with Gasteiger partial charge in [0.25, 0.3) is 10.0 Å². The molecule has 28 heavy (non-hydrogen) atoms. The molecule has 0 aliphatic rings. The molecule has 0 fully saturated rings. The molecule has 0 bridgehead atoms. The second-order valence-electron chi connectivity index (χ2n) is 5.43. The largest absolute Gasteiger partial charge is 0.468 e. The number of carbonyl (C=O) groups excluding carboxylic acids is 2. The first-order valence-corrected chi connectivity index (χ1v) is 10.2. The van der Waals surface area contributed by atoms with Crippen LogP contribution in [-0.4, -0.2) is 40.6 Å². The molecular formula is C18H17Cl2NO6S. The second kappa shape index (κ2) is 9.27. The molecular weight excluding hydrogens is 429 g/mol. The standard InChI is InChI=1S/C18H17Cl2NO6S/c1-3-27-18(23)15-9-6-13(10-16(15)20)21(11-17(22)26-2)28(24,25)14-7-4-12(19)5-8-14/h4-10H,3,11H2,1-2H3. The van der Waals surface area contributed by atoms with Crippen molar-refractivity contribution in [3.8, 4) is 0 Å². The van der Waals surface area contributed by atoms with Gasteiger partial charge in [-0.15, -0.1) is 0 Å². The van der Waals surface area contributed by atoms with Crippen LogP contribution >= 0.6 is 23.2 Å². The number of nitrogens with zero attached hydrogens (tertiary/aromatic N) is 1. The summed E-state index contributed by atoms with van der Waals surface area (Å²) in [7, 11) is -2.99. The average Bonchev–Trinajstić information content (AvgIpc) is 2.66. The van der Waals surface area contributed by atoms with Gasteiger partial charge in [0.1, 0.15) is 6.54 Å². The van der Waals surface area contributed by atoms with Crippen LogP contribution in [0.25, 0.3) is 0 Å². The molecule has 2 rings (SSSR count). The third kappa shape index (κ3) is 4.95. The van der Waals surface area contributed by atoms with Crippen molar-refractivity contribution in [1.29, 1.82) is 0 Å². The number of sulfonamides is 1. The Kier molecular flexibility index (Phi) is 7.29. The van der Waals surface area contributed by atoms with Crippen molar-refractivity contribution in [3.05, 3.63) is 58.1 Å². The maximum absolute atomic E-state index is 13.1. The van der Waals surface area contributed by atoms with Crippen LogP contribution < -0.4 is 4.31 Å². The monoisotopic (exact) mass is 445 g/mol. The Morgan fingerprint density at radius 1 is 1.07 bits per heavy atom. The van der Waals surface area contributed by atoms with Gasteiger partial charge in [-0.2, -0.15) is 0 Å². The van der Waals surface area contributed by atoms with E-state index in [1.807, 2.05) is 0 Å². The number of esters is 2. The summed E-state index contributed by atoms with van der Waals surface area (Å²) in [4.78, 5) is 23.6. The van der Waals surface area contributed by atoms with Crippen LogP contribution in [-0.2, 0) is 24.3 Å². The molecule has 0 amide bonds. The first kappa shape index (κ1) is 22.0. The van der Waals surface area contributed by atoms with Gasteiger partial charge < -0.3 is 9.47 Å². The summed E-state index contributed by atoms with van der Waals surface area (Å²) in [6, 6.07) is 9.42. The van der Waals surface area contributed by atoms with E-state index in [0.717, 1.165) is 11.4 Å². The lowest BCUT2D eigenvalue weighted by atomic mass is 10.2. The van der Waals surface area contributed by atoms with E-state index < -0.39 is 28.5 Å². The van der Waals surface area contributed by atoms with E-state index in [-0.39, 0.29) is 27.8 Å². The summed E-state index contributed by atoms with van der Waals surface area (Å²) in [5.74, 6) is -1.41. The first-order chi connectivity index (χ1) is 13.2. The lowest BCUT2D eigenvalue weighted by Crippen LogP contribution is -2.36. The Morgan fingerprint density at radius 3 is 2.25 bits per heavy atom. The van der Waals surface area contributed by atoms with Gasteiger partial charge in [-0.05, 0) is 49.4 Å². The first-order valence-electron chi connectivity index (χ1n) is 8.02. The number of ether oxygens (including phenoxy) is 2. The fourth-order valence-corrected chi connectivity index (χ4v) is 4.04. The van der Waals surface area contributed by atoms with Crippen LogP contribution in [0, 0.1) is 0 Å². The average molecular weight is 446 g/mol. The molecule has 2 aromatic rings. The van der Waals surface area contributed by atoms with Crippen LogP contribution in [0.2, 0.25) is 10.0 Å². The summed E-state index contributed by atoms with van der Waals surface area (Å²) >= 11 is 12.0. The maximum Gasteiger partial charge on any atom is 0.339 e. The Hall–Kier alpha value is -2.29. The maximum atomic E-state index is 13.1. The number of methoxy groups -OCH3 is 1. The third-order valence-electron chi connectivity index (χ3n) is 3.64. The van der Waals surface area contributed by atoms with Gasteiger partial charge in [0.15, 0.2) is 0 Å². The SMILES string of the molecule is CCOC(=O)c1ccc(N(CC(=O)OC)S(=O)(=O)c2ccc(Cl)cc2)cc1Cl. The van der Waals surface area contributed by atoms with Crippen molar-refractivity contribution in [3.63, 3.8) is 0 Å². The Bertz CT molecular complexity index is 976. The molecule has 0 saturated heterocycles. The number of hydrogen-bond acceptors (Lipinski definition) is 6. The van der Waals surface area contributed by atoms with Crippen molar-refractivity contribution in [1.82, 2.24) is 0 Å². The zero-order valence-electron chi connectivity index (χ0n) is 15.0. The van der Waals surface area contributed by atoms with E-state index in [1.54, 1.807) is 6.92 Å². The van der Waals surface area contributed by atoms with Crippen LogP contribution in [0.15, 0.2) is 47.4 Å². The molecule has 150 valence electrons. The normalized spacial score (nSPS) is 11.0. The van der Waals surface area contributed by atoms with E-state index in [2.05, 4.69) is 4.74 Å². The van der Waals surface area contributed by atoms with Gasteiger partial charge in [0.05, 0.1) is 34.9 Å². The molecule has 2 aromatic carbocycles. The highest BCUT2D eigenvalue weighted by atomic mass is 35.5. The van der Waals surface area contributed by atoms with E-state index in [9.17, 15) is 18.0 Å². The molecule has 0 aromatic heterocycles. The summed E-state index contributed by atoms with van der Waals surface area (Å²) in [6.45, 7) is 1.23. The zero-order valence-corrected chi connectivity index (χ0v) is 17.3.